The molecule has 1 aliphatic heterocycles. The molecule has 1 saturated heterocycles. The number of hydrogen-bond donors (Lipinski definition) is 0. The molecule has 0 spiro atoms. The van der Waals surface area contributed by atoms with Gasteiger partial charge in [-0.3, -0.25) is 4.79 Å². The van der Waals surface area contributed by atoms with Crippen LogP contribution in [0.5, 0.6) is 0 Å². The fraction of sp³-hybridized carbons (Fsp3) is 0.364. The minimum absolute atomic E-state index is 0.183. The van der Waals surface area contributed by atoms with Gasteiger partial charge in [0.05, 0.1) is 5.56 Å². The third kappa shape index (κ3) is 1.50. The standard InChI is InChI=1S/C11H12FNO/c1-8-3-4-10(12)9(7-8)11(14)13-5-2-6-13/h3-4,7H,2,5-6H2,1H3. The Kier molecular flexibility index (Phi) is 2.23. The summed E-state index contributed by atoms with van der Waals surface area (Å²) in [5.74, 6) is -0.607. The van der Waals surface area contributed by atoms with Gasteiger partial charge in [-0.2, -0.15) is 0 Å². The summed E-state index contributed by atoms with van der Waals surface area (Å²) in [5.41, 5.74) is 1.11. The highest BCUT2D eigenvalue weighted by Gasteiger charge is 2.23. The first kappa shape index (κ1) is 9.19. The quantitative estimate of drug-likeness (QED) is 0.667. The maximum atomic E-state index is 13.3. The summed E-state index contributed by atoms with van der Waals surface area (Å²) in [6, 6.07) is 4.63. The predicted molar refractivity (Wildman–Crippen MR) is 51.7 cm³/mol. The number of likely N-dealkylation sites (tertiary alicyclic amines) is 1. The van der Waals surface area contributed by atoms with Crippen LogP contribution in [0.25, 0.3) is 0 Å². The molecule has 0 N–H and O–H groups in total. The van der Waals surface area contributed by atoms with Crippen molar-refractivity contribution in [2.75, 3.05) is 13.1 Å². The van der Waals surface area contributed by atoms with Crippen LogP contribution in [0, 0.1) is 12.7 Å². The summed E-state index contributed by atoms with van der Waals surface area (Å²) in [6.07, 6.45) is 1.03. The van der Waals surface area contributed by atoms with Crippen LogP contribution in [-0.2, 0) is 0 Å². The van der Waals surface area contributed by atoms with Crippen LogP contribution < -0.4 is 0 Å². The molecule has 2 rings (SSSR count). The molecular weight excluding hydrogens is 181 g/mol. The Balaban J connectivity index is 2.29. The first-order valence-electron chi connectivity index (χ1n) is 4.74. The highest BCUT2D eigenvalue weighted by molar-refractivity contribution is 5.95. The van der Waals surface area contributed by atoms with Gasteiger partial charge in [0.2, 0.25) is 0 Å². The van der Waals surface area contributed by atoms with E-state index in [0.717, 1.165) is 25.1 Å². The molecular formula is C11H12FNO. The molecule has 0 radical (unpaired) electrons. The van der Waals surface area contributed by atoms with E-state index < -0.39 is 5.82 Å². The van der Waals surface area contributed by atoms with Crippen molar-refractivity contribution in [2.45, 2.75) is 13.3 Å². The van der Waals surface area contributed by atoms with E-state index in [-0.39, 0.29) is 11.5 Å². The maximum absolute atomic E-state index is 13.3. The largest absolute Gasteiger partial charge is 0.338 e. The summed E-state index contributed by atoms with van der Waals surface area (Å²) in [5, 5.41) is 0. The zero-order valence-electron chi connectivity index (χ0n) is 8.09. The lowest BCUT2D eigenvalue weighted by Gasteiger charge is -2.31. The number of rotatable bonds is 1. The molecule has 0 aliphatic carbocycles. The van der Waals surface area contributed by atoms with E-state index in [0.29, 0.717) is 0 Å². The van der Waals surface area contributed by atoms with Crippen LogP contribution in [0.3, 0.4) is 0 Å². The van der Waals surface area contributed by atoms with E-state index in [1.54, 1.807) is 17.0 Å². The second kappa shape index (κ2) is 3.40. The van der Waals surface area contributed by atoms with Gasteiger partial charge < -0.3 is 4.90 Å². The number of halogens is 1. The highest BCUT2D eigenvalue weighted by Crippen LogP contribution is 2.16. The van der Waals surface area contributed by atoms with Gasteiger partial charge >= 0.3 is 0 Å². The van der Waals surface area contributed by atoms with Gasteiger partial charge in [-0.1, -0.05) is 11.6 Å². The average molecular weight is 193 g/mol. The summed E-state index contributed by atoms with van der Waals surface area (Å²) in [4.78, 5) is 13.4. The molecule has 1 aromatic rings. The minimum Gasteiger partial charge on any atom is -0.338 e. The van der Waals surface area contributed by atoms with Crippen LogP contribution in [0.2, 0.25) is 0 Å². The molecule has 1 heterocycles. The summed E-state index contributed by atoms with van der Waals surface area (Å²) < 4.78 is 13.3. The molecule has 74 valence electrons. The Labute approximate surface area is 82.3 Å². The van der Waals surface area contributed by atoms with E-state index in [1.165, 1.54) is 6.07 Å². The SMILES string of the molecule is Cc1ccc(F)c(C(=O)N2CCC2)c1. The topological polar surface area (TPSA) is 20.3 Å². The molecule has 14 heavy (non-hydrogen) atoms. The average Bonchev–Trinajstić information content (AvgIpc) is 2.06. The number of amides is 1. The van der Waals surface area contributed by atoms with Crippen molar-refractivity contribution in [1.82, 2.24) is 4.90 Å². The fourth-order valence-electron chi connectivity index (χ4n) is 1.49. The second-order valence-corrected chi connectivity index (χ2v) is 3.63. The number of aryl methyl sites for hydroxylation is 1. The second-order valence-electron chi connectivity index (χ2n) is 3.63. The van der Waals surface area contributed by atoms with Crippen molar-refractivity contribution >= 4 is 5.91 Å². The van der Waals surface area contributed by atoms with Crippen molar-refractivity contribution in [3.8, 4) is 0 Å². The van der Waals surface area contributed by atoms with Gasteiger partial charge in [0.25, 0.3) is 5.91 Å². The van der Waals surface area contributed by atoms with Crippen molar-refractivity contribution in [3.63, 3.8) is 0 Å². The van der Waals surface area contributed by atoms with Crippen LogP contribution in [0.1, 0.15) is 22.3 Å². The van der Waals surface area contributed by atoms with Gasteiger partial charge in [0.1, 0.15) is 5.82 Å². The Morgan fingerprint density at radius 3 is 2.71 bits per heavy atom. The van der Waals surface area contributed by atoms with Crippen molar-refractivity contribution < 1.29 is 9.18 Å². The number of nitrogens with zero attached hydrogens (tertiary/aromatic N) is 1. The molecule has 0 bridgehead atoms. The Bertz CT molecular complexity index is 372. The highest BCUT2D eigenvalue weighted by atomic mass is 19.1. The Morgan fingerprint density at radius 2 is 2.14 bits per heavy atom. The molecule has 1 aromatic carbocycles. The van der Waals surface area contributed by atoms with Gasteiger partial charge in [0, 0.05) is 13.1 Å². The molecule has 0 atom stereocenters. The summed E-state index contributed by atoms with van der Waals surface area (Å²) in [6.45, 7) is 3.37. The van der Waals surface area contributed by atoms with E-state index in [4.69, 9.17) is 0 Å². The van der Waals surface area contributed by atoms with Crippen LogP contribution >= 0.6 is 0 Å². The van der Waals surface area contributed by atoms with Gasteiger partial charge in [0.15, 0.2) is 0 Å². The van der Waals surface area contributed by atoms with E-state index >= 15 is 0 Å². The molecule has 1 fully saturated rings. The third-order valence-corrected chi connectivity index (χ3v) is 2.50. The van der Waals surface area contributed by atoms with Crippen LogP contribution in [0.4, 0.5) is 4.39 Å². The van der Waals surface area contributed by atoms with Gasteiger partial charge in [-0.25, -0.2) is 4.39 Å². The lowest BCUT2D eigenvalue weighted by Crippen LogP contribution is -2.42. The van der Waals surface area contributed by atoms with E-state index in [9.17, 15) is 9.18 Å². The number of carbonyl (C=O) groups excluding carboxylic acids is 1. The van der Waals surface area contributed by atoms with Crippen LogP contribution in [0.15, 0.2) is 18.2 Å². The van der Waals surface area contributed by atoms with Crippen molar-refractivity contribution in [3.05, 3.63) is 35.1 Å². The number of benzene rings is 1. The fourth-order valence-corrected chi connectivity index (χ4v) is 1.49. The van der Waals surface area contributed by atoms with Gasteiger partial charge in [-0.15, -0.1) is 0 Å². The third-order valence-electron chi connectivity index (χ3n) is 2.50. The zero-order valence-corrected chi connectivity index (χ0v) is 8.09. The first-order valence-corrected chi connectivity index (χ1v) is 4.74. The molecule has 0 saturated carbocycles. The minimum atomic E-state index is -0.424. The molecule has 3 heteroatoms. The van der Waals surface area contributed by atoms with E-state index in [1.807, 2.05) is 6.92 Å². The number of hydrogen-bond acceptors (Lipinski definition) is 1. The molecule has 0 aromatic heterocycles. The Morgan fingerprint density at radius 1 is 1.43 bits per heavy atom. The molecule has 0 unspecified atom stereocenters. The summed E-state index contributed by atoms with van der Waals surface area (Å²) in [7, 11) is 0. The molecule has 2 nitrogen and oxygen atoms in total. The first-order chi connectivity index (χ1) is 6.68. The van der Waals surface area contributed by atoms with Crippen LogP contribution in [-0.4, -0.2) is 23.9 Å². The number of carbonyl (C=O) groups is 1. The molecule has 1 amide bonds. The summed E-state index contributed by atoms with van der Waals surface area (Å²) >= 11 is 0. The van der Waals surface area contributed by atoms with Crippen molar-refractivity contribution in [2.24, 2.45) is 0 Å². The lowest BCUT2D eigenvalue weighted by molar-refractivity contribution is 0.0647. The lowest BCUT2D eigenvalue weighted by atomic mass is 10.1. The van der Waals surface area contributed by atoms with E-state index in [2.05, 4.69) is 0 Å². The maximum Gasteiger partial charge on any atom is 0.256 e. The normalized spacial score (nSPS) is 15.1. The Hall–Kier alpha value is -1.38. The molecule has 1 aliphatic rings. The smallest absolute Gasteiger partial charge is 0.256 e. The van der Waals surface area contributed by atoms with Crippen molar-refractivity contribution in [1.29, 1.82) is 0 Å². The zero-order chi connectivity index (χ0) is 10.1. The predicted octanol–water partition coefficient (Wildman–Crippen LogP) is 1.98. The van der Waals surface area contributed by atoms with Gasteiger partial charge in [-0.05, 0) is 25.5 Å². The monoisotopic (exact) mass is 193 g/mol.